The number of hydrogen-bond acceptors (Lipinski definition) is 7. The summed E-state index contributed by atoms with van der Waals surface area (Å²) in [6.07, 6.45) is 1.63. The van der Waals surface area contributed by atoms with Crippen LogP contribution in [0.15, 0.2) is 48.9 Å². The van der Waals surface area contributed by atoms with Gasteiger partial charge in [-0.25, -0.2) is 15.0 Å². The number of nitrogens with zero attached hydrogens (tertiary/aromatic N) is 6. The van der Waals surface area contributed by atoms with Gasteiger partial charge in [-0.3, -0.25) is 14.7 Å². The van der Waals surface area contributed by atoms with Crippen LogP contribution in [0.4, 0.5) is 13.2 Å². The van der Waals surface area contributed by atoms with Crippen LogP contribution in [0.25, 0.3) is 22.3 Å². The summed E-state index contributed by atoms with van der Waals surface area (Å²) in [4.78, 5) is 36.7. The zero-order chi connectivity index (χ0) is 29.1. The second-order valence-electron chi connectivity index (χ2n) is 11.0. The fourth-order valence-electron chi connectivity index (χ4n) is 5.34. The number of fused-ring (bicyclic) bond motifs is 1. The van der Waals surface area contributed by atoms with Gasteiger partial charge in [0.05, 0.1) is 23.3 Å². The molecule has 1 aliphatic heterocycles. The zero-order valence-corrected chi connectivity index (χ0v) is 23.1. The molecule has 0 bridgehead atoms. The van der Waals surface area contributed by atoms with E-state index in [0.29, 0.717) is 44.5 Å². The maximum Gasteiger partial charge on any atom is 0.397 e. The zero-order valence-electron chi connectivity index (χ0n) is 23.1. The minimum atomic E-state index is -4.48. The van der Waals surface area contributed by atoms with Gasteiger partial charge in [-0.15, -0.1) is 0 Å². The Morgan fingerprint density at radius 3 is 2.62 bits per heavy atom. The third-order valence-electron chi connectivity index (χ3n) is 7.87. The first-order chi connectivity index (χ1) is 20.3. The van der Waals surface area contributed by atoms with Gasteiger partial charge in [-0.2, -0.15) is 13.2 Å². The number of benzene rings is 1. The van der Waals surface area contributed by atoms with E-state index in [0.717, 1.165) is 39.4 Å². The highest BCUT2D eigenvalue weighted by atomic mass is 19.4. The lowest BCUT2D eigenvalue weighted by Crippen LogP contribution is -2.49. The maximum atomic E-state index is 12.6. The molecule has 1 aromatic carbocycles. The highest BCUT2D eigenvalue weighted by Gasteiger charge is 2.34. The van der Waals surface area contributed by atoms with Crippen LogP contribution in [-0.2, 0) is 17.8 Å². The second kappa shape index (κ2) is 12.0. The molecule has 42 heavy (non-hydrogen) atoms. The first kappa shape index (κ1) is 28.1. The SMILES string of the molecule is O=C(CC(F)(F)F)N1CCN(Cc2ccnc(Cc3nc4ccc(-c5cc(OCC6CCC6)ncn5)cc4[nH]3)c2)CC1. The number of halogens is 3. The van der Waals surface area contributed by atoms with Gasteiger partial charge >= 0.3 is 6.18 Å². The predicted molar refractivity (Wildman–Crippen MR) is 150 cm³/mol. The van der Waals surface area contributed by atoms with Crippen molar-refractivity contribution in [1.29, 1.82) is 0 Å². The van der Waals surface area contributed by atoms with Crippen molar-refractivity contribution in [3.63, 3.8) is 0 Å². The Morgan fingerprint density at radius 2 is 1.86 bits per heavy atom. The number of imidazole rings is 1. The summed E-state index contributed by atoms with van der Waals surface area (Å²) < 4.78 is 43.6. The number of aromatic amines is 1. The molecule has 6 rings (SSSR count). The Bertz CT molecular complexity index is 1550. The van der Waals surface area contributed by atoms with Crippen LogP contribution >= 0.6 is 0 Å². The van der Waals surface area contributed by atoms with Crippen LogP contribution < -0.4 is 4.74 Å². The fraction of sp³-hybridized carbons (Fsp3) is 0.433. The molecule has 3 aromatic heterocycles. The van der Waals surface area contributed by atoms with E-state index < -0.39 is 18.5 Å². The Labute approximate surface area is 241 Å². The molecule has 1 aliphatic carbocycles. The highest BCUT2D eigenvalue weighted by molar-refractivity contribution is 5.81. The molecule has 4 heterocycles. The first-order valence-electron chi connectivity index (χ1n) is 14.2. The third-order valence-corrected chi connectivity index (χ3v) is 7.87. The number of aromatic nitrogens is 5. The van der Waals surface area contributed by atoms with E-state index in [4.69, 9.17) is 9.72 Å². The number of amides is 1. The molecule has 2 fully saturated rings. The monoisotopic (exact) mass is 579 g/mol. The van der Waals surface area contributed by atoms with Crippen molar-refractivity contribution in [1.82, 2.24) is 34.7 Å². The number of nitrogens with one attached hydrogen (secondary N) is 1. The van der Waals surface area contributed by atoms with Crippen LogP contribution in [-0.4, -0.2) is 79.6 Å². The van der Waals surface area contributed by atoms with Gasteiger partial charge in [0.15, 0.2) is 0 Å². The molecule has 0 unspecified atom stereocenters. The quantitative estimate of drug-likeness (QED) is 0.305. The van der Waals surface area contributed by atoms with Crippen LogP contribution in [0.2, 0.25) is 0 Å². The van der Waals surface area contributed by atoms with E-state index in [2.05, 4.69) is 24.8 Å². The molecular formula is C30H32F3N7O2. The van der Waals surface area contributed by atoms with E-state index in [-0.39, 0.29) is 13.1 Å². The first-order valence-corrected chi connectivity index (χ1v) is 14.2. The lowest BCUT2D eigenvalue weighted by molar-refractivity contribution is -0.162. The summed E-state index contributed by atoms with van der Waals surface area (Å²) in [7, 11) is 0. The van der Waals surface area contributed by atoms with Gasteiger partial charge in [0.25, 0.3) is 0 Å². The summed E-state index contributed by atoms with van der Waals surface area (Å²) in [5.74, 6) is 1.14. The van der Waals surface area contributed by atoms with Gasteiger partial charge in [-0.1, -0.05) is 12.5 Å². The molecule has 1 saturated heterocycles. The van der Waals surface area contributed by atoms with Crippen molar-refractivity contribution >= 4 is 16.9 Å². The average Bonchev–Trinajstić information content (AvgIpc) is 3.33. The van der Waals surface area contributed by atoms with Crippen LogP contribution in [0, 0.1) is 5.92 Å². The summed E-state index contributed by atoms with van der Waals surface area (Å²) in [6, 6.07) is 11.8. The van der Waals surface area contributed by atoms with Crippen molar-refractivity contribution < 1.29 is 22.7 Å². The number of alkyl halides is 3. The smallest absolute Gasteiger partial charge is 0.397 e. The summed E-state index contributed by atoms with van der Waals surface area (Å²) >= 11 is 0. The average molecular weight is 580 g/mol. The van der Waals surface area contributed by atoms with E-state index in [1.807, 2.05) is 36.4 Å². The second-order valence-corrected chi connectivity index (χ2v) is 11.0. The van der Waals surface area contributed by atoms with Crippen molar-refractivity contribution in [2.75, 3.05) is 32.8 Å². The molecule has 1 N–H and O–H groups in total. The van der Waals surface area contributed by atoms with E-state index in [1.54, 1.807) is 6.20 Å². The van der Waals surface area contributed by atoms with Gasteiger partial charge in [0.2, 0.25) is 11.8 Å². The minimum Gasteiger partial charge on any atom is -0.477 e. The van der Waals surface area contributed by atoms with Gasteiger partial charge in [0.1, 0.15) is 18.6 Å². The molecule has 1 amide bonds. The Kier molecular flexibility index (Phi) is 8.05. The van der Waals surface area contributed by atoms with Gasteiger partial charge < -0.3 is 14.6 Å². The van der Waals surface area contributed by atoms with Gasteiger partial charge in [0, 0.05) is 62.7 Å². The van der Waals surface area contributed by atoms with Crippen LogP contribution in [0.5, 0.6) is 5.88 Å². The number of hydrogen-bond donors (Lipinski definition) is 1. The number of piperazine rings is 1. The molecule has 1 saturated carbocycles. The van der Waals surface area contributed by atoms with Gasteiger partial charge in [-0.05, 0) is 48.6 Å². The Balaban J connectivity index is 1.06. The summed E-state index contributed by atoms with van der Waals surface area (Å²) in [5.41, 5.74) is 5.37. The number of carbonyl (C=O) groups excluding carboxylic acids is 1. The molecule has 12 heteroatoms. The summed E-state index contributed by atoms with van der Waals surface area (Å²) in [5, 5.41) is 0. The standard InChI is InChI=1S/C30H32F3N7O2/c31-30(32,33)16-29(41)40-10-8-39(9-11-40)17-21-6-7-34-23(12-21)14-27-37-24-5-4-22(13-26(24)38-27)25-15-28(36-19-35-25)42-18-20-2-1-3-20/h4-7,12-13,15,19-20H,1-3,8-11,14,16-18H2,(H,37,38). The number of pyridine rings is 1. The predicted octanol–water partition coefficient (Wildman–Crippen LogP) is 4.78. The van der Waals surface area contributed by atoms with Crippen LogP contribution in [0.1, 0.15) is 42.8 Å². The number of H-pyrrole nitrogens is 1. The molecule has 220 valence electrons. The molecule has 0 atom stereocenters. The highest BCUT2D eigenvalue weighted by Crippen LogP contribution is 2.28. The molecule has 9 nitrogen and oxygen atoms in total. The Morgan fingerprint density at radius 1 is 1.02 bits per heavy atom. The minimum absolute atomic E-state index is 0.289. The van der Waals surface area contributed by atoms with Crippen molar-refractivity contribution in [2.24, 2.45) is 5.92 Å². The lowest BCUT2D eigenvalue weighted by Gasteiger charge is -2.35. The number of carbonyl (C=O) groups is 1. The topological polar surface area (TPSA) is 100 Å². The normalized spacial score (nSPS) is 16.5. The van der Waals surface area contributed by atoms with Crippen molar-refractivity contribution in [2.45, 2.75) is 44.8 Å². The largest absolute Gasteiger partial charge is 0.477 e. The van der Waals surface area contributed by atoms with Crippen molar-refractivity contribution in [3.8, 4) is 17.1 Å². The molecule has 2 aliphatic rings. The lowest BCUT2D eigenvalue weighted by atomic mass is 9.86. The number of rotatable bonds is 9. The van der Waals surface area contributed by atoms with Crippen LogP contribution in [0.3, 0.4) is 0 Å². The van der Waals surface area contributed by atoms with Crippen molar-refractivity contribution in [3.05, 3.63) is 66.0 Å². The molecule has 0 spiro atoms. The Hall–Kier alpha value is -4.06. The van der Waals surface area contributed by atoms with E-state index in [1.165, 1.54) is 30.5 Å². The maximum absolute atomic E-state index is 12.6. The summed E-state index contributed by atoms with van der Waals surface area (Å²) in [6.45, 7) is 2.94. The van der Waals surface area contributed by atoms with E-state index >= 15 is 0 Å². The molecule has 0 radical (unpaired) electrons. The molecule has 4 aromatic rings. The third kappa shape index (κ3) is 7.04. The fourth-order valence-corrected chi connectivity index (χ4v) is 5.34. The molecular weight excluding hydrogens is 547 g/mol. The van der Waals surface area contributed by atoms with E-state index in [9.17, 15) is 18.0 Å². The number of ether oxygens (including phenoxy) is 1.